The molecule has 0 aromatic heterocycles. The van der Waals surface area contributed by atoms with Crippen molar-refractivity contribution in [3.05, 3.63) is 11.8 Å². The molecule has 18 heteroatoms. The van der Waals surface area contributed by atoms with Crippen molar-refractivity contribution in [3.8, 4) is 0 Å². The highest BCUT2D eigenvalue weighted by Gasteiger charge is 2.53. The van der Waals surface area contributed by atoms with Gasteiger partial charge < -0.3 is 83.7 Å². The van der Waals surface area contributed by atoms with E-state index in [1.54, 1.807) is 13.1 Å². The molecule has 2 aliphatic heterocycles. The molecule has 2 heterocycles. The summed E-state index contributed by atoms with van der Waals surface area (Å²) in [6.07, 6.45) is -6.33. The van der Waals surface area contributed by atoms with Crippen molar-refractivity contribution in [1.82, 2.24) is 16.0 Å². The first-order valence-electron chi connectivity index (χ1n) is 15.1. The van der Waals surface area contributed by atoms with Gasteiger partial charge in [-0.3, -0.25) is 9.79 Å². The molecule has 0 aromatic carbocycles. The number of nitrogens with one attached hydrogen (secondary N) is 3. The summed E-state index contributed by atoms with van der Waals surface area (Å²) in [5.74, 6) is -1.26. The topological polar surface area (TPSA) is 319 Å². The van der Waals surface area contributed by atoms with Crippen LogP contribution in [-0.4, -0.2) is 155 Å². The van der Waals surface area contributed by atoms with Gasteiger partial charge in [0.05, 0.1) is 44.1 Å². The number of rotatable bonds is 14. The number of guanidine groups is 1. The summed E-state index contributed by atoms with van der Waals surface area (Å²) in [6.45, 7) is 1.25. The molecule has 0 radical (unpaired) electrons. The molecular formula is C27H52N8O10. The second kappa shape index (κ2) is 16.6. The van der Waals surface area contributed by atoms with Crippen LogP contribution in [0.2, 0.25) is 0 Å². The van der Waals surface area contributed by atoms with Crippen LogP contribution < -0.4 is 38.9 Å². The van der Waals surface area contributed by atoms with Crippen LogP contribution in [0.25, 0.3) is 0 Å². The molecule has 1 aliphatic carbocycles. The van der Waals surface area contributed by atoms with Gasteiger partial charge in [0.2, 0.25) is 5.91 Å². The molecule has 1 amide bonds. The highest BCUT2D eigenvalue weighted by molar-refractivity contribution is 5.81. The van der Waals surface area contributed by atoms with E-state index in [9.17, 15) is 30.3 Å². The van der Waals surface area contributed by atoms with Crippen LogP contribution in [-0.2, 0) is 19.0 Å². The molecule has 3 rings (SSSR count). The highest BCUT2D eigenvalue weighted by atomic mass is 16.7. The van der Waals surface area contributed by atoms with E-state index in [0.717, 1.165) is 0 Å². The number of aliphatic imine (C=N–C) groups is 1. The Bertz CT molecular complexity index is 1020. The summed E-state index contributed by atoms with van der Waals surface area (Å²) in [4.78, 5) is 16.7. The summed E-state index contributed by atoms with van der Waals surface area (Å²) >= 11 is 0. The van der Waals surface area contributed by atoms with E-state index in [2.05, 4.69) is 20.9 Å². The lowest BCUT2D eigenvalue weighted by Gasteiger charge is -2.50. The van der Waals surface area contributed by atoms with Crippen molar-refractivity contribution in [1.29, 1.82) is 0 Å². The zero-order valence-electron chi connectivity index (χ0n) is 25.7. The van der Waals surface area contributed by atoms with Crippen LogP contribution in [0.3, 0.4) is 0 Å². The first-order chi connectivity index (χ1) is 21.2. The zero-order valence-corrected chi connectivity index (χ0v) is 25.7. The zero-order chi connectivity index (χ0) is 33.5. The molecule has 1 saturated carbocycles. The van der Waals surface area contributed by atoms with E-state index in [-0.39, 0.29) is 45.0 Å². The van der Waals surface area contributed by atoms with Crippen molar-refractivity contribution in [2.24, 2.45) is 33.8 Å². The summed E-state index contributed by atoms with van der Waals surface area (Å²) in [5.41, 5.74) is 22.2. The normalized spacial score (nSPS) is 38.4. The van der Waals surface area contributed by atoms with Crippen LogP contribution in [0.4, 0.5) is 0 Å². The minimum atomic E-state index is -1.49. The Morgan fingerprint density at radius 3 is 2.58 bits per heavy atom. The minimum Gasteiger partial charge on any atom is -0.492 e. The van der Waals surface area contributed by atoms with Crippen LogP contribution >= 0.6 is 0 Å². The molecule has 17 N–H and O–H groups in total. The second-order valence-electron chi connectivity index (χ2n) is 12.2. The van der Waals surface area contributed by atoms with Crippen molar-refractivity contribution in [2.45, 2.75) is 98.9 Å². The van der Waals surface area contributed by atoms with E-state index in [0.29, 0.717) is 12.2 Å². The fraction of sp³-hybridized carbons (Fsp3) is 0.852. The third-order valence-electron chi connectivity index (χ3n) is 8.50. The molecule has 1 saturated heterocycles. The van der Waals surface area contributed by atoms with Crippen LogP contribution in [0.15, 0.2) is 16.8 Å². The molecule has 0 spiro atoms. The van der Waals surface area contributed by atoms with Gasteiger partial charge in [-0.1, -0.05) is 0 Å². The number of amides is 1. The lowest BCUT2D eigenvalue weighted by Crippen LogP contribution is -2.69. The summed E-state index contributed by atoms with van der Waals surface area (Å²) < 4.78 is 18.0. The maximum absolute atomic E-state index is 13.0. The Morgan fingerprint density at radius 2 is 1.93 bits per heavy atom. The summed E-state index contributed by atoms with van der Waals surface area (Å²) in [5, 5.41) is 71.2. The molecular weight excluding hydrogens is 596 g/mol. The van der Waals surface area contributed by atoms with Gasteiger partial charge in [-0.05, 0) is 32.9 Å². The Balaban J connectivity index is 1.82. The predicted molar refractivity (Wildman–Crippen MR) is 161 cm³/mol. The first-order valence-corrected chi connectivity index (χ1v) is 15.1. The molecule has 3 aliphatic rings. The third kappa shape index (κ3) is 9.66. The molecule has 18 nitrogen and oxygen atoms in total. The Morgan fingerprint density at radius 1 is 1.22 bits per heavy atom. The van der Waals surface area contributed by atoms with Gasteiger partial charge in [-0.15, -0.1) is 0 Å². The summed E-state index contributed by atoms with van der Waals surface area (Å²) in [6, 6.07) is -3.11. The maximum Gasteiger partial charge on any atom is 0.249 e. The highest BCUT2D eigenvalue weighted by Crippen LogP contribution is 2.36. The molecule has 2 fully saturated rings. The van der Waals surface area contributed by atoms with Crippen LogP contribution in [0, 0.1) is 5.92 Å². The number of likely N-dealkylation sites (N-methyl/N-ethyl adjacent to an activating group) is 1. The van der Waals surface area contributed by atoms with Gasteiger partial charge in [-0.25, -0.2) is 0 Å². The average Bonchev–Trinajstić information content (AvgIpc) is 2.97. The van der Waals surface area contributed by atoms with Gasteiger partial charge in [0.1, 0.15) is 35.8 Å². The number of nitrogens with two attached hydrogens (primary N) is 4. The minimum absolute atomic E-state index is 0.000253. The average molecular weight is 649 g/mol. The predicted octanol–water partition coefficient (Wildman–Crippen LogP) is -6.41. The number of aliphatic hydroxyl groups is 6. The fourth-order valence-corrected chi connectivity index (χ4v) is 6.11. The Labute approximate surface area is 262 Å². The smallest absolute Gasteiger partial charge is 0.249 e. The summed E-state index contributed by atoms with van der Waals surface area (Å²) in [7, 11) is 1.56. The lowest BCUT2D eigenvalue weighted by atomic mass is 9.72. The Kier molecular flexibility index (Phi) is 13.7. The standard InChI is InChI=1S/C27H52N8O10/c1-27(42)11-43-25(20(40)23(27)32-2)45-22-16(35-24(41)17(38)5-6-34-26(30)31)7-15(29)18(19(22)39)21-14(28)4-3-13(44-21)9-33-8-12(37)10-36/h3,12,14-23,25,32-33,36-40,42H,4-11,28-29H2,1-2H3,(H,35,41)(H4,30,31,34)/t12?,14-,15+,16-,17+,18?,19+,20-,21+,22+,23-,25-,27+/m1/s1. The fourth-order valence-electron chi connectivity index (χ4n) is 6.11. The number of carbonyl (C=O) groups is 1. The van der Waals surface area contributed by atoms with Crippen LogP contribution in [0.1, 0.15) is 26.2 Å². The van der Waals surface area contributed by atoms with Crippen LogP contribution in [0.5, 0.6) is 0 Å². The second-order valence-corrected chi connectivity index (χ2v) is 12.2. The van der Waals surface area contributed by atoms with Crippen molar-refractivity contribution >= 4 is 11.9 Å². The van der Waals surface area contributed by atoms with Gasteiger partial charge in [0, 0.05) is 37.5 Å². The molecule has 260 valence electrons. The lowest BCUT2D eigenvalue weighted by molar-refractivity contribution is -0.297. The number of hydrogen-bond donors (Lipinski definition) is 13. The Hall–Kier alpha value is -2.20. The van der Waals surface area contributed by atoms with E-state index in [1.165, 1.54) is 6.92 Å². The van der Waals surface area contributed by atoms with E-state index >= 15 is 0 Å². The number of nitrogens with zero attached hydrogens (tertiary/aromatic N) is 1. The molecule has 45 heavy (non-hydrogen) atoms. The van der Waals surface area contributed by atoms with Gasteiger partial charge in [-0.2, -0.15) is 0 Å². The quantitative estimate of drug-likeness (QED) is 0.0615. The maximum atomic E-state index is 13.0. The largest absolute Gasteiger partial charge is 0.492 e. The van der Waals surface area contributed by atoms with E-state index in [1.807, 2.05) is 0 Å². The van der Waals surface area contributed by atoms with Crippen molar-refractivity contribution in [2.75, 3.05) is 39.9 Å². The molecule has 13 atom stereocenters. The van der Waals surface area contributed by atoms with Gasteiger partial charge in [0.25, 0.3) is 0 Å². The van der Waals surface area contributed by atoms with Gasteiger partial charge >= 0.3 is 0 Å². The molecule has 2 unspecified atom stereocenters. The van der Waals surface area contributed by atoms with Crippen molar-refractivity contribution < 1.29 is 49.6 Å². The SMILES string of the molecule is CN[C@@H]1[C@@H](O)[C@@H](O[C@H]2[C@H](NC(=O)[C@@H](O)CCN=C(N)N)C[C@H](N)C([C@H]3OC(CNCC(O)CO)=CC[C@H]3N)[C@@H]2O)OC[C@]1(C)O. The van der Waals surface area contributed by atoms with E-state index in [4.69, 9.17) is 42.3 Å². The molecule has 0 bridgehead atoms. The number of aliphatic hydroxyl groups excluding tert-OH is 5. The van der Waals surface area contributed by atoms with Crippen molar-refractivity contribution in [3.63, 3.8) is 0 Å². The number of hydrogen-bond acceptors (Lipinski definition) is 15. The monoisotopic (exact) mass is 648 g/mol. The number of carbonyl (C=O) groups excluding carboxylic acids is 1. The molecule has 0 aromatic rings. The number of ether oxygens (including phenoxy) is 3. The first kappa shape index (κ1) is 37.3. The van der Waals surface area contributed by atoms with E-state index < -0.39 is 91.1 Å². The van der Waals surface area contributed by atoms with Gasteiger partial charge in [0.15, 0.2) is 12.2 Å². The third-order valence-corrected chi connectivity index (χ3v) is 8.50.